The van der Waals surface area contributed by atoms with Crippen LogP contribution >= 0.6 is 43.5 Å². The van der Waals surface area contributed by atoms with Crippen LogP contribution in [0.2, 0.25) is 5.02 Å². The summed E-state index contributed by atoms with van der Waals surface area (Å²) in [4.78, 5) is 0. The zero-order chi connectivity index (χ0) is 13.1. The lowest BCUT2D eigenvalue weighted by atomic mass is 10.2. The molecule has 1 nitrogen and oxygen atoms in total. The van der Waals surface area contributed by atoms with Gasteiger partial charge in [-0.1, -0.05) is 33.6 Å². The highest BCUT2D eigenvalue weighted by molar-refractivity contribution is 9.10. The van der Waals surface area contributed by atoms with Crippen molar-refractivity contribution >= 4 is 49.1 Å². The summed E-state index contributed by atoms with van der Waals surface area (Å²) in [7, 11) is 0. The van der Waals surface area contributed by atoms with Crippen molar-refractivity contribution in [2.45, 2.75) is 6.54 Å². The predicted molar refractivity (Wildman–Crippen MR) is 80.6 cm³/mol. The van der Waals surface area contributed by atoms with Crippen LogP contribution in [0.5, 0.6) is 0 Å². The lowest BCUT2D eigenvalue weighted by molar-refractivity contribution is 0.629. The Morgan fingerprint density at radius 2 is 1.89 bits per heavy atom. The number of halogens is 4. The van der Waals surface area contributed by atoms with Gasteiger partial charge in [0, 0.05) is 15.5 Å². The summed E-state index contributed by atoms with van der Waals surface area (Å²) in [6, 6.07) is 10.5. The minimum Gasteiger partial charge on any atom is -0.379 e. The van der Waals surface area contributed by atoms with Crippen molar-refractivity contribution in [2.75, 3.05) is 5.32 Å². The highest BCUT2D eigenvalue weighted by atomic mass is 79.9. The first kappa shape index (κ1) is 13.8. The molecule has 2 aromatic carbocycles. The van der Waals surface area contributed by atoms with Gasteiger partial charge in [-0.15, -0.1) is 0 Å². The van der Waals surface area contributed by atoms with Crippen molar-refractivity contribution in [1.29, 1.82) is 0 Å². The van der Waals surface area contributed by atoms with E-state index < -0.39 is 0 Å². The van der Waals surface area contributed by atoms with Crippen molar-refractivity contribution in [1.82, 2.24) is 0 Å². The van der Waals surface area contributed by atoms with Gasteiger partial charge < -0.3 is 5.32 Å². The van der Waals surface area contributed by atoms with Crippen LogP contribution in [0.4, 0.5) is 10.1 Å². The summed E-state index contributed by atoms with van der Waals surface area (Å²) in [6.07, 6.45) is 0. The van der Waals surface area contributed by atoms with E-state index in [9.17, 15) is 4.39 Å². The summed E-state index contributed by atoms with van der Waals surface area (Å²) in [5.74, 6) is -0.280. The fourth-order valence-corrected chi connectivity index (χ4v) is 2.36. The monoisotopic (exact) mass is 391 g/mol. The minimum absolute atomic E-state index is 0.280. The van der Waals surface area contributed by atoms with E-state index in [0.717, 1.165) is 14.5 Å². The highest BCUT2D eigenvalue weighted by Crippen LogP contribution is 2.24. The van der Waals surface area contributed by atoms with E-state index >= 15 is 0 Å². The van der Waals surface area contributed by atoms with Crippen molar-refractivity contribution in [3.8, 4) is 0 Å². The highest BCUT2D eigenvalue weighted by Gasteiger charge is 2.03. The molecule has 0 heterocycles. The van der Waals surface area contributed by atoms with Gasteiger partial charge in [-0.25, -0.2) is 4.39 Å². The number of hydrogen-bond acceptors (Lipinski definition) is 1. The second kappa shape index (κ2) is 6.04. The van der Waals surface area contributed by atoms with Crippen molar-refractivity contribution in [3.05, 3.63) is 61.7 Å². The molecule has 2 aromatic rings. The maximum atomic E-state index is 13.6. The Morgan fingerprint density at radius 1 is 1.11 bits per heavy atom. The molecule has 0 saturated heterocycles. The average molecular weight is 393 g/mol. The lowest BCUT2D eigenvalue weighted by Crippen LogP contribution is -2.01. The van der Waals surface area contributed by atoms with E-state index in [2.05, 4.69) is 37.2 Å². The third-order valence-corrected chi connectivity index (χ3v) is 4.11. The van der Waals surface area contributed by atoms with E-state index in [-0.39, 0.29) is 5.82 Å². The maximum absolute atomic E-state index is 13.6. The van der Waals surface area contributed by atoms with E-state index in [1.165, 1.54) is 6.07 Å². The molecule has 0 unspecified atom stereocenters. The van der Waals surface area contributed by atoms with Gasteiger partial charge in [0.2, 0.25) is 0 Å². The Kier molecular flexibility index (Phi) is 4.65. The quantitative estimate of drug-likeness (QED) is 0.714. The number of anilines is 1. The molecule has 0 bridgehead atoms. The third-order valence-electron chi connectivity index (χ3n) is 2.40. The van der Waals surface area contributed by atoms with Gasteiger partial charge >= 0.3 is 0 Å². The van der Waals surface area contributed by atoms with Crippen LogP contribution in [-0.2, 0) is 6.54 Å². The topological polar surface area (TPSA) is 12.0 Å². The average Bonchev–Trinajstić information content (AvgIpc) is 2.32. The predicted octanol–water partition coefficient (Wildman–Crippen LogP) is 5.62. The van der Waals surface area contributed by atoms with Crippen LogP contribution < -0.4 is 5.32 Å². The standard InChI is InChI=1S/C13H9Br2ClFN/c14-9-2-4-13(12(17)6-9)18-7-8-1-3-11(16)10(15)5-8/h1-6,18H,7H2. The summed E-state index contributed by atoms with van der Waals surface area (Å²) >= 11 is 12.5. The van der Waals surface area contributed by atoms with Crippen molar-refractivity contribution in [2.24, 2.45) is 0 Å². The minimum atomic E-state index is -0.280. The molecule has 0 aliphatic heterocycles. The van der Waals surface area contributed by atoms with Crippen LogP contribution in [0, 0.1) is 5.82 Å². The molecule has 0 atom stereocenters. The summed E-state index contributed by atoms with van der Waals surface area (Å²) in [5, 5.41) is 3.70. The number of rotatable bonds is 3. The van der Waals surface area contributed by atoms with E-state index in [1.54, 1.807) is 18.2 Å². The molecule has 2 rings (SSSR count). The van der Waals surface area contributed by atoms with Crippen LogP contribution in [0.25, 0.3) is 0 Å². The van der Waals surface area contributed by atoms with Crippen LogP contribution in [0.1, 0.15) is 5.56 Å². The molecule has 0 radical (unpaired) electrons. The Morgan fingerprint density at radius 3 is 2.56 bits per heavy atom. The maximum Gasteiger partial charge on any atom is 0.147 e. The SMILES string of the molecule is Fc1cc(Br)ccc1NCc1ccc(Cl)c(Br)c1. The molecule has 94 valence electrons. The third kappa shape index (κ3) is 3.46. The van der Waals surface area contributed by atoms with Crippen LogP contribution in [-0.4, -0.2) is 0 Å². The lowest BCUT2D eigenvalue weighted by Gasteiger charge is -2.08. The molecule has 0 aliphatic rings. The van der Waals surface area contributed by atoms with Gasteiger partial charge in [0.15, 0.2) is 0 Å². The van der Waals surface area contributed by atoms with E-state index in [4.69, 9.17) is 11.6 Å². The summed E-state index contributed by atoms with van der Waals surface area (Å²) in [5.41, 5.74) is 1.50. The zero-order valence-corrected chi connectivity index (χ0v) is 13.1. The Labute approximate surface area is 127 Å². The van der Waals surface area contributed by atoms with Crippen LogP contribution in [0.15, 0.2) is 45.3 Å². The molecule has 1 N–H and O–H groups in total. The van der Waals surface area contributed by atoms with E-state index in [0.29, 0.717) is 17.3 Å². The molecular formula is C13H9Br2ClFN. The van der Waals surface area contributed by atoms with Gasteiger partial charge in [0.1, 0.15) is 5.82 Å². The first-order valence-corrected chi connectivity index (χ1v) is 7.15. The molecular weight excluding hydrogens is 384 g/mol. The normalized spacial score (nSPS) is 10.4. The summed E-state index contributed by atoms with van der Waals surface area (Å²) < 4.78 is 15.1. The first-order valence-electron chi connectivity index (χ1n) is 5.19. The van der Waals surface area contributed by atoms with Gasteiger partial charge in [-0.3, -0.25) is 0 Å². The fourth-order valence-electron chi connectivity index (χ4n) is 1.48. The number of benzene rings is 2. The zero-order valence-electron chi connectivity index (χ0n) is 9.18. The Balaban J connectivity index is 2.09. The molecule has 0 spiro atoms. The Hall–Kier alpha value is -0.580. The number of hydrogen-bond donors (Lipinski definition) is 1. The molecule has 0 aliphatic carbocycles. The molecule has 5 heteroatoms. The fraction of sp³-hybridized carbons (Fsp3) is 0.0769. The molecule has 18 heavy (non-hydrogen) atoms. The Bertz CT molecular complexity index is 575. The smallest absolute Gasteiger partial charge is 0.147 e. The second-order valence-corrected chi connectivity index (χ2v) is 5.90. The largest absolute Gasteiger partial charge is 0.379 e. The second-order valence-electron chi connectivity index (χ2n) is 3.73. The summed E-state index contributed by atoms with van der Waals surface area (Å²) in [6.45, 7) is 0.536. The van der Waals surface area contributed by atoms with Gasteiger partial charge in [-0.2, -0.15) is 0 Å². The van der Waals surface area contributed by atoms with Gasteiger partial charge in [-0.05, 0) is 51.8 Å². The molecule has 0 fully saturated rings. The van der Waals surface area contributed by atoms with Gasteiger partial charge in [0.05, 0.1) is 10.7 Å². The van der Waals surface area contributed by atoms with Crippen LogP contribution in [0.3, 0.4) is 0 Å². The van der Waals surface area contributed by atoms with Crippen molar-refractivity contribution < 1.29 is 4.39 Å². The molecule has 0 amide bonds. The van der Waals surface area contributed by atoms with E-state index in [1.807, 2.05) is 12.1 Å². The first-order chi connectivity index (χ1) is 8.56. The number of nitrogens with one attached hydrogen (secondary N) is 1. The molecule has 0 aromatic heterocycles. The molecule has 0 saturated carbocycles. The van der Waals surface area contributed by atoms with Crippen molar-refractivity contribution in [3.63, 3.8) is 0 Å². The van der Waals surface area contributed by atoms with Gasteiger partial charge in [0.25, 0.3) is 0 Å².